The van der Waals surface area contributed by atoms with Crippen molar-refractivity contribution in [3.05, 3.63) is 54.1 Å². The Kier molecular flexibility index (Phi) is 5.85. The molecule has 0 radical (unpaired) electrons. The van der Waals surface area contributed by atoms with Gasteiger partial charge >= 0.3 is 0 Å². The number of methoxy groups -OCH3 is 1. The third-order valence-corrected chi connectivity index (χ3v) is 3.77. The van der Waals surface area contributed by atoms with Crippen molar-refractivity contribution in [1.29, 1.82) is 0 Å². The Morgan fingerprint density at radius 1 is 1.27 bits per heavy atom. The Bertz CT molecular complexity index is 657. The molecule has 114 valence electrons. The zero-order valence-electron chi connectivity index (χ0n) is 12.0. The number of nitrogens with one attached hydrogen (secondary N) is 1. The first-order valence-electron chi connectivity index (χ1n) is 6.56. The number of thioether (sulfide) groups is 1. The number of amides is 1. The minimum Gasteiger partial charge on any atom is -0.507 e. The second-order valence-electron chi connectivity index (χ2n) is 4.32. The number of phenolic OH excluding ortho intramolecular Hbond substituents is 1. The number of rotatable bonds is 6. The normalized spacial score (nSPS) is 10.6. The van der Waals surface area contributed by atoms with Gasteiger partial charge in [-0.05, 0) is 36.4 Å². The van der Waals surface area contributed by atoms with Gasteiger partial charge in [0.1, 0.15) is 11.5 Å². The number of nitrogens with zero attached hydrogens (tertiary/aromatic N) is 1. The molecule has 6 heteroatoms. The molecule has 0 heterocycles. The lowest BCUT2D eigenvalue weighted by Crippen LogP contribution is -2.19. The molecule has 1 amide bonds. The summed E-state index contributed by atoms with van der Waals surface area (Å²) in [6.07, 6.45) is 1.41. The first-order chi connectivity index (χ1) is 10.7. The van der Waals surface area contributed by atoms with Crippen molar-refractivity contribution in [3.63, 3.8) is 0 Å². The summed E-state index contributed by atoms with van der Waals surface area (Å²) in [6.45, 7) is 0. The van der Waals surface area contributed by atoms with Crippen LogP contribution in [0.1, 0.15) is 5.56 Å². The highest BCUT2D eigenvalue weighted by atomic mass is 32.2. The van der Waals surface area contributed by atoms with Gasteiger partial charge in [0.25, 0.3) is 0 Å². The van der Waals surface area contributed by atoms with Crippen molar-refractivity contribution in [2.24, 2.45) is 5.10 Å². The minimum atomic E-state index is -0.215. The van der Waals surface area contributed by atoms with Gasteiger partial charge in [-0.3, -0.25) is 4.79 Å². The van der Waals surface area contributed by atoms with E-state index in [-0.39, 0.29) is 17.4 Å². The molecule has 0 saturated carbocycles. The van der Waals surface area contributed by atoms with Gasteiger partial charge in [0.15, 0.2) is 0 Å². The number of benzene rings is 2. The van der Waals surface area contributed by atoms with E-state index in [1.54, 1.807) is 31.4 Å². The van der Waals surface area contributed by atoms with Gasteiger partial charge in [-0.25, -0.2) is 5.43 Å². The maximum atomic E-state index is 11.7. The van der Waals surface area contributed by atoms with Crippen molar-refractivity contribution < 1.29 is 14.6 Å². The highest BCUT2D eigenvalue weighted by Crippen LogP contribution is 2.20. The van der Waals surface area contributed by atoms with Crippen LogP contribution in [0.3, 0.4) is 0 Å². The zero-order valence-corrected chi connectivity index (χ0v) is 12.8. The molecule has 22 heavy (non-hydrogen) atoms. The second kappa shape index (κ2) is 8.09. The van der Waals surface area contributed by atoms with E-state index in [2.05, 4.69) is 10.5 Å². The molecule has 0 aromatic heterocycles. The lowest BCUT2D eigenvalue weighted by Gasteiger charge is -2.03. The van der Waals surface area contributed by atoms with Crippen molar-refractivity contribution in [1.82, 2.24) is 5.43 Å². The fourth-order valence-corrected chi connectivity index (χ4v) is 2.31. The molecule has 0 saturated heterocycles. The number of carbonyl (C=O) groups is 1. The van der Waals surface area contributed by atoms with Crippen LogP contribution < -0.4 is 10.2 Å². The molecule has 2 N–H and O–H groups in total. The maximum Gasteiger partial charge on any atom is 0.250 e. The van der Waals surface area contributed by atoms with Crippen molar-refractivity contribution in [3.8, 4) is 11.5 Å². The summed E-state index contributed by atoms with van der Waals surface area (Å²) >= 11 is 1.41. The molecule has 0 bridgehead atoms. The SMILES string of the molecule is COc1ccc(SCC(=O)NN=Cc2ccccc2O)cc1. The molecular formula is C16H16N2O3S. The van der Waals surface area contributed by atoms with Crippen LogP contribution in [0.25, 0.3) is 0 Å². The van der Waals surface area contributed by atoms with Gasteiger partial charge in [0.05, 0.1) is 19.1 Å². The van der Waals surface area contributed by atoms with Crippen LogP contribution >= 0.6 is 11.8 Å². The number of aromatic hydroxyl groups is 1. The number of ether oxygens (including phenoxy) is 1. The predicted molar refractivity (Wildman–Crippen MR) is 87.6 cm³/mol. The van der Waals surface area contributed by atoms with Crippen LogP contribution in [0, 0.1) is 0 Å². The van der Waals surface area contributed by atoms with Gasteiger partial charge in [-0.1, -0.05) is 12.1 Å². The lowest BCUT2D eigenvalue weighted by molar-refractivity contribution is -0.118. The van der Waals surface area contributed by atoms with Gasteiger partial charge in [-0.2, -0.15) is 5.10 Å². The summed E-state index contributed by atoms with van der Waals surface area (Å²) in [5, 5.41) is 13.4. The predicted octanol–water partition coefficient (Wildman–Crippen LogP) is 2.64. The maximum absolute atomic E-state index is 11.7. The smallest absolute Gasteiger partial charge is 0.250 e. The average molecular weight is 316 g/mol. The summed E-state index contributed by atoms with van der Waals surface area (Å²) in [7, 11) is 1.61. The second-order valence-corrected chi connectivity index (χ2v) is 5.36. The zero-order chi connectivity index (χ0) is 15.8. The topological polar surface area (TPSA) is 70.9 Å². The van der Waals surface area contributed by atoms with Crippen LogP contribution in [0.15, 0.2) is 58.5 Å². The summed E-state index contributed by atoms with van der Waals surface area (Å²) in [5.41, 5.74) is 2.97. The minimum absolute atomic E-state index is 0.119. The van der Waals surface area contributed by atoms with Crippen LogP contribution in [-0.4, -0.2) is 30.1 Å². The van der Waals surface area contributed by atoms with Crippen LogP contribution in [-0.2, 0) is 4.79 Å². The van der Waals surface area contributed by atoms with Gasteiger partial charge < -0.3 is 9.84 Å². The molecule has 2 rings (SSSR count). The van der Waals surface area contributed by atoms with Gasteiger partial charge in [-0.15, -0.1) is 11.8 Å². The number of hydrazone groups is 1. The molecule has 0 fully saturated rings. The number of hydrogen-bond donors (Lipinski definition) is 2. The first kappa shape index (κ1) is 15.9. The fraction of sp³-hybridized carbons (Fsp3) is 0.125. The van der Waals surface area contributed by atoms with E-state index in [0.717, 1.165) is 10.6 Å². The standard InChI is InChI=1S/C16H16N2O3S/c1-21-13-6-8-14(9-7-13)22-11-16(20)18-17-10-12-4-2-3-5-15(12)19/h2-10,19H,11H2,1H3,(H,18,20). The quantitative estimate of drug-likeness (QED) is 0.488. The Hall–Kier alpha value is -2.47. The van der Waals surface area contributed by atoms with Crippen molar-refractivity contribution in [2.45, 2.75) is 4.90 Å². The Labute approximate surface area is 133 Å². The number of hydrogen-bond acceptors (Lipinski definition) is 5. The van der Waals surface area contributed by atoms with Crippen molar-refractivity contribution in [2.75, 3.05) is 12.9 Å². The highest BCUT2D eigenvalue weighted by molar-refractivity contribution is 8.00. The van der Waals surface area contributed by atoms with E-state index in [1.807, 2.05) is 24.3 Å². The molecule has 2 aromatic carbocycles. The molecule has 0 atom stereocenters. The molecule has 5 nitrogen and oxygen atoms in total. The number of carbonyl (C=O) groups excluding carboxylic acids is 1. The van der Waals surface area contributed by atoms with Crippen LogP contribution in [0.2, 0.25) is 0 Å². The van der Waals surface area contributed by atoms with E-state index in [1.165, 1.54) is 18.0 Å². The molecular weight excluding hydrogens is 300 g/mol. The van der Waals surface area contributed by atoms with Gasteiger partial charge in [0, 0.05) is 10.5 Å². The Balaban J connectivity index is 1.79. The first-order valence-corrected chi connectivity index (χ1v) is 7.54. The Morgan fingerprint density at radius 2 is 2.00 bits per heavy atom. The summed E-state index contributed by atoms with van der Waals surface area (Å²) in [6, 6.07) is 14.2. The fourth-order valence-electron chi connectivity index (χ4n) is 1.62. The number of para-hydroxylation sites is 1. The number of phenols is 1. The van der Waals surface area contributed by atoms with E-state index in [0.29, 0.717) is 5.56 Å². The van der Waals surface area contributed by atoms with Crippen LogP contribution in [0.5, 0.6) is 11.5 Å². The van der Waals surface area contributed by atoms with E-state index in [4.69, 9.17) is 4.74 Å². The average Bonchev–Trinajstić information content (AvgIpc) is 2.55. The molecule has 2 aromatic rings. The third-order valence-electron chi connectivity index (χ3n) is 2.76. The van der Waals surface area contributed by atoms with E-state index < -0.39 is 0 Å². The largest absolute Gasteiger partial charge is 0.507 e. The molecule has 0 aliphatic rings. The molecule has 0 aliphatic carbocycles. The highest BCUT2D eigenvalue weighted by Gasteiger charge is 2.02. The third kappa shape index (κ3) is 4.82. The lowest BCUT2D eigenvalue weighted by atomic mass is 10.2. The summed E-state index contributed by atoms with van der Waals surface area (Å²) < 4.78 is 5.07. The van der Waals surface area contributed by atoms with E-state index in [9.17, 15) is 9.90 Å². The molecule has 0 spiro atoms. The molecule has 0 aliphatic heterocycles. The summed E-state index contributed by atoms with van der Waals surface area (Å²) in [4.78, 5) is 12.7. The molecule has 0 unspecified atom stereocenters. The Morgan fingerprint density at radius 3 is 2.68 bits per heavy atom. The van der Waals surface area contributed by atoms with Gasteiger partial charge in [0.2, 0.25) is 5.91 Å². The van der Waals surface area contributed by atoms with E-state index >= 15 is 0 Å². The monoisotopic (exact) mass is 316 g/mol. The summed E-state index contributed by atoms with van der Waals surface area (Å²) in [5.74, 6) is 0.937. The van der Waals surface area contributed by atoms with Crippen molar-refractivity contribution >= 4 is 23.9 Å². The van der Waals surface area contributed by atoms with Crippen LogP contribution in [0.4, 0.5) is 0 Å².